The van der Waals surface area contributed by atoms with Gasteiger partial charge in [-0.15, -0.1) is 0 Å². The Morgan fingerprint density at radius 2 is 1.55 bits per heavy atom. The first-order valence-corrected chi connectivity index (χ1v) is 3.63. The lowest BCUT2D eigenvalue weighted by Crippen LogP contribution is -1.93. The van der Waals surface area contributed by atoms with E-state index in [0.29, 0.717) is 0 Å². The molecule has 0 radical (unpaired) electrons. The second kappa shape index (κ2) is 2.93. The molecule has 0 aliphatic carbocycles. The van der Waals surface area contributed by atoms with Crippen LogP contribution in [0.25, 0.3) is 0 Å². The summed E-state index contributed by atoms with van der Waals surface area (Å²) in [5.41, 5.74) is 6.56. The van der Waals surface area contributed by atoms with Crippen LogP contribution >= 0.6 is 0 Å². The van der Waals surface area contributed by atoms with Crippen molar-refractivity contribution in [3.63, 3.8) is 0 Å². The Hall–Kier alpha value is -1.02. The number of anilines is 1. The van der Waals surface area contributed by atoms with E-state index in [2.05, 4.69) is 12.4 Å². The van der Waals surface area contributed by atoms with Crippen LogP contribution in [0.4, 0.5) is 5.69 Å². The molecule has 11 heavy (non-hydrogen) atoms. The Bertz CT molecular complexity index is 245. The van der Waals surface area contributed by atoms with Crippen molar-refractivity contribution in [2.75, 3.05) is 5.48 Å². The lowest BCUT2D eigenvalue weighted by molar-refractivity contribution is 0.389. The van der Waals surface area contributed by atoms with E-state index < -0.39 is 0 Å². The van der Waals surface area contributed by atoms with Crippen molar-refractivity contribution in [3.05, 3.63) is 28.8 Å². The zero-order chi connectivity index (χ0) is 8.43. The Morgan fingerprint density at radius 3 is 1.91 bits per heavy atom. The molecule has 0 saturated carbocycles. The zero-order valence-electron chi connectivity index (χ0n) is 7.10. The summed E-state index contributed by atoms with van der Waals surface area (Å²) in [5.74, 6) is 0. The van der Waals surface area contributed by atoms with Crippen molar-refractivity contribution >= 4 is 5.69 Å². The summed E-state index contributed by atoms with van der Waals surface area (Å²) < 4.78 is 0. The molecule has 1 aromatic rings. The minimum atomic E-state index is 0.755. The van der Waals surface area contributed by atoms with E-state index in [-0.39, 0.29) is 0 Å². The fourth-order valence-electron chi connectivity index (χ4n) is 1.10. The SMILES string of the molecule is Cc1cc(NO)cc(C)c1C. The van der Waals surface area contributed by atoms with Gasteiger partial charge in [-0.2, -0.15) is 0 Å². The predicted octanol–water partition coefficient (Wildman–Crippen LogP) is 2.41. The third-order valence-electron chi connectivity index (χ3n) is 2.06. The van der Waals surface area contributed by atoms with Gasteiger partial charge in [-0.05, 0) is 49.6 Å². The summed E-state index contributed by atoms with van der Waals surface area (Å²) in [6.45, 7) is 6.14. The topological polar surface area (TPSA) is 32.3 Å². The molecule has 0 spiro atoms. The molecule has 0 amide bonds. The molecule has 0 bridgehead atoms. The molecule has 2 nitrogen and oxygen atoms in total. The fraction of sp³-hybridized carbons (Fsp3) is 0.333. The molecule has 0 unspecified atom stereocenters. The molecular weight excluding hydrogens is 138 g/mol. The first-order valence-electron chi connectivity index (χ1n) is 3.63. The predicted molar refractivity (Wildman–Crippen MR) is 46.1 cm³/mol. The average Bonchev–Trinajstić information content (AvgIpc) is 1.99. The number of hydrogen-bond acceptors (Lipinski definition) is 2. The van der Waals surface area contributed by atoms with Crippen LogP contribution in [0.5, 0.6) is 0 Å². The van der Waals surface area contributed by atoms with Gasteiger partial charge >= 0.3 is 0 Å². The molecule has 60 valence electrons. The molecule has 0 saturated heterocycles. The number of hydrogen-bond donors (Lipinski definition) is 2. The van der Waals surface area contributed by atoms with Gasteiger partial charge in [0.1, 0.15) is 0 Å². The van der Waals surface area contributed by atoms with Gasteiger partial charge in [0.2, 0.25) is 0 Å². The summed E-state index contributed by atoms with van der Waals surface area (Å²) in [6, 6.07) is 3.84. The quantitative estimate of drug-likeness (QED) is 0.604. The summed E-state index contributed by atoms with van der Waals surface area (Å²) in [6.07, 6.45) is 0. The standard InChI is InChI=1S/C9H13NO/c1-6-4-9(10-11)5-7(2)8(6)3/h4-5,10-11H,1-3H3. The van der Waals surface area contributed by atoms with Crippen LogP contribution in [-0.2, 0) is 0 Å². The van der Waals surface area contributed by atoms with Crippen LogP contribution in [0.1, 0.15) is 16.7 Å². The molecule has 0 aromatic heterocycles. The molecule has 2 N–H and O–H groups in total. The first-order chi connectivity index (χ1) is 5.15. The van der Waals surface area contributed by atoms with Crippen molar-refractivity contribution in [2.45, 2.75) is 20.8 Å². The second-order valence-corrected chi connectivity index (χ2v) is 2.85. The highest BCUT2D eigenvalue weighted by molar-refractivity contribution is 5.50. The normalized spacial score (nSPS) is 9.82. The van der Waals surface area contributed by atoms with E-state index in [1.807, 2.05) is 26.0 Å². The molecule has 0 atom stereocenters. The highest BCUT2D eigenvalue weighted by atomic mass is 16.5. The molecule has 2 heteroatoms. The Morgan fingerprint density at radius 1 is 1.09 bits per heavy atom. The van der Waals surface area contributed by atoms with Gasteiger partial charge in [-0.1, -0.05) is 0 Å². The van der Waals surface area contributed by atoms with E-state index >= 15 is 0 Å². The Labute approximate surface area is 66.8 Å². The maximum absolute atomic E-state index is 8.63. The van der Waals surface area contributed by atoms with Crippen LogP contribution in [-0.4, -0.2) is 5.21 Å². The van der Waals surface area contributed by atoms with E-state index in [9.17, 15) is 0 Å². The molecular formula is C9H13NO. The highest BCUT2D eigenvalue weighted by Crippen LogP contribution is 2.18. The van der Waals surface area contributed by atoms with Gasteiger partial charge in [-0.3, -0.25) is 10.7 Å². The van der Waals surface area contributed by atoms with E-state index in [4.69, 9.17) is 5.21 Å². The zero-order valence-corrected chi connectivity index (χ0v) is 7.10. The summed E-state index contributed by atoms with van der Waals surface area (Å²) in [4.78, 5) is 0. The lowest BCUT2D eigenvalue weighted by atomic mass is 10.0. The molecule has 0 heterocycles. The van der Waals surface area contributed by atoms with Gasteiger partial charge in [0.25, 0.3) is 0 Å². The summed E-state index contributed by atoms with van der Waals surface area (Å²) in [7, 11) is 0. The van der Waals surface area contributed by atoms with Crippen LogP contribution < -0.4 is 5.48 Å². The van der Waals surface area contributed by atoms with Crippen molar-refractivity contribution < 1.29 is 5.21 Å². The number of nitrogens with one attached hydrogen (secondary N) is 1. The third kappa shape index (κ3) is 1.52. The van der Waals surface area contributed by atoms with Gasteiger partial charge in [-0.25, -0.2) is 0 Å². The second-order valence-electron chi connectivity index (χ2n) is 2.85. The number of benzene rings is 1. The van der Waals surface area contributed by atoms with Gasteiger partial charge in [0.15, 0.2) is 0 Å². The van der Waals surface area contributed by atoms with Crippen molar-refractivity contribution in [1.29, 1.82) is 0 Å². The summed E-state index contributed by atoms with van der Waals surface area (Å²) in [5, 5.41) is 8.63. The third-order valence-corrected chi connectivity index (χ3v) is 2.06. The molecule has 0 aliphatic rings. The minimum absolute atomic E-state index is 0.755. The van der Waals surface area contributed by atoms with Crippen LogP contribution in [0, 0.1) is 20.8 Å². The monoisotopic (exact) mass is 151 g/mol. The minimum Gasteiger partial charge on any atom is -0.291 e. The lowest BCUT2D eigenvalue weighted by Gasteiger charge is -2.06. The highest BCUT2D eigenvalue weighted by Gasteiger charge is 1.98. The van der Waals surface area contributed by atoms with Gasteiger partial charge in [0, 0.05) is 0 Å². The Balaban J connectivity index is 3.21. The van der Waals surface area contributed by atoms with E-state index in [1.165, 1.54) is 16.7 Å². The van der Waals surface area contributed by atoms with E-state index in [0.717, 1.165) is 5.69 Å². The van der Waals surface area contributed by atoms with Crippen molar-refractivity contribution in [2.24, 2.45) is 0 Å². The maximum atomic E-state index is 8.63. The molecule has 0 aliphatic heterocycles. The summed E-state index contributed by atoms with van der Waals surface area (Å²) >= 11 is 0. The van der Waals surface area contributed by atoms with Gasteiger partial charge in [0.05, 0.1) is 5.69 Å². The number of rotatable bonds is 1. The fourth-order valence-corrected chi connectivity index (χ4v) is 1.10. The first kappa shape index (κ1) is 8.08. The van der Waals surface area contributed by atoms with Crippen LogP contribution in [0.2, 0.25) is 0 Å². The largest absolute Gasteiger partial charge is 0.291 e. The maximum Gasteiger partial charge on any atom is 0.0607 e. The van der Waals surface area contributed by atoms with Crippen molar-refractivity contribution in [1.82, 2.24) is 0 Å². The average molecular weight is 151 g/mol. The van der Waals surface area contributed by atoms with Crippen molar-refractivity contribution in [3.8, 4) is 0 Å². The van der Waals surface area contributed by atoms with Crippen LogP contribution in [0.15, 0.2) is 12.1 Å². The smallest absolute Gasteiger partial charge is 0.0607 e. The molecule has 0 fully saturated rings. The van der Waals surface area contributed by atoms with Gasteiger partial charge < -0.3 is 0 Å². The van der Waals surface area contributed by atoms with Crippen LogP contribution in [0.3, 0.4) is 0 Å². The Kier molecular flexibility index (Phi) is 2.15. The molecule has 1 rings (SSSR count). The van der Waals surface area contributed by atoms with E-state index in [1.54, 1.807) is 0 Å². The number of aryl methyl sites for hydroxylation is 2. The molecule has 1 aromatic carbocycles.